The maximum Gasteiger partial charge on any atom is 0.324 e. The van der Waals surface area contributed by atoms with Crippen LogP contribution in [-0.2, 0) is 4.79 Å². The van der Waals surface area contributed by atoms with E-state index in [9.17, 15) is 13.6 Å². The number of carbonyl (C=O) groups is 1. The second-order valence-electron chi connectivity index (χ2n) is 3.14. The normalized spacial score (nSPS) is 26.2. The molecule has 1 unspecified atom stereocenters. The summed E-state index contributed by atoms with van der Waals surface area (Å²) in [6, 6.07) is 0. The van der Waals surface area contributed by atoms with E-state index in [0.29, 0.717) is 13.0 Å². The van der Waals surface area contributed by atoms with Gasteiger partial charge in [0.15, 0.2) is 0 Å². The van der Waals surface area contributed by atoms with E-state index in [2.05, 4.69) is 0 Å². The Morgan fingerprint density at radius 2 is 2.25 bits per heavy atom. The second kappa shape index (κ2) is 3.26. The zero-order valence-electron chi connectivity index (χ0n) is 6.69. The lowest BCUT2D eigenvalue weighted by atomic mass is 10.0. The van der Waals surface area contributed by atoms with Gasteiger partial charge in [-0.15, -0.1) is 0 Å². The molecule has 1 saturated heterocycles. The standard InChI is InChI=1S/C7H10ClF2NO/c1-11-3-2-5(4-11)7(9,10)6(8)12/h5H,2-4H2,1H3. The molecule has 0 aromatic carbocycles. The van der Waals surface area contributed by atoms with Gasteiger partial charge in [-0.3, -0.25) is 4.79 Å². The summed E-state index contributed by atoms with van der Waals surface area (Å²) in [4.78, 5) is 12.1. The molecule has 2 nitrogen and oxygen atoms in total. The highest BCUT2D eigenvalue weighted by Crippen LogP contribution is 2.33. The Morgan fingerprint density at radius 1 is 1.67 bits per heavy atom. The lowest BCUT2D eigenvalue weighted by Gasteiger charge is -2.18. The lowest BCUT2D eigenvalue weighted by molar-refractivity contribution is -0.141. The number of alkyl halides is 2. The van der Waals surface area contributed by atoms with Crippen LogP contribution >= 0.6 is 11.6 Å². The first kappa shape index (κ1) is 9.86. The third kappa shape index (κ3) is 1.75. The van der Waals surface area contributed by atoms with Crippen LogP contribution in [0.4, 0.5) is 8.78 Å². The van der Waals surface area contributed by atoms with E-state index in [1.807, 2.05) is 0 Å². The molecule has 0 bridgehead atoms. The van der Waals surface area contributed by atoms with Gasteiger partial charge < -0.3 is 4.90 Å². The van der Waals surface area contributed by atoms with E-state index in [1.54, 1.807) is 11.9 Å². The summed E-state index contributed by atoms with van der Waals surface area (Å²) >= 11 is 4.79. The zero-order chi connectivity index (χ0) is 9.35. The van der Waals surface area contributed by atoms with Gasteiger partial charge in [-0.1, -0.05) is 0 Å². The van der Waals surface area contributed by atoms with Gasteiger partial charge in [0.1, 0.15) is 0 Å². The van der Waals surface area contributed by atoms with Crippen molar-refractivity contribution in [3.05, 3.63) is 0 Å². The maximum absolute atomic E-state index is 12.9. The lowest BCUT2D eigenvalue weighted by Crippen LogP contribution is -2.35. The highest BCUT2D eigenvalue weighted by molar-refractivity contribution is 6.65. The first-order chi connectivity index (χ1) is 5.44. The molecule has 0 spiro atoms. The fraction of sp³-hybridized carbons (Fsp3) is 0.857. The molecule has 12 heavy (non-hydrogen) atoms. The summed E-state index contributed by atoms with van der Waals surface area (Å²) < 4.78 is 25.8. The molecular weight excluding hydrogens is 188 g/mol. The molecule has 1 fully saturated rings. The average Bonchev–Trinajstić information content (AvgIpc) is 2.35. The number of nitrogens with zero attached hydrogens (tertiary/aromatic N) is 1. The molecule has 0 aromatic rings. The molecule has 1 aliphatic rings. The van der Waals surface area contributed by atoms with E-state index < -0.39 is 17.1 Å². The predicted octanol–water partition coefficient (Wildman–Crippen LogP) is 1.34. The Labute approximate surface area is 74.5 Å². The van der Waals surface area contributed by atoms with Crippen molar-refractivity contribution < 1.29 is 13.6 Å². The number of halogens is 3. The van der Waals surface area contributed by atoms with Crippen molar-refractivity contribution in [2.24, 2.45) is 5.92 Å². The summed E-state index contributed by atoms with van der Waals surface area (Å²) in [7, 11) is 1.74. The van der Waals surface area contributed by atoms with Gasteiger partial charge in [0.05, 0.1) is 0 Å². The molecule has 70 valence electrons. The molecule has 0 amide bonds. The van der Waals surface area contributed by atoms with Gasteiger partial charge in [-0.25, -0.2) is 0 Å². The van der Waals surface area contributed by atoms with E-state index in [-0.39, 0.29) is 6.54 Å². The molecule has 0 aliphatic carbocycles. The molecule has 1 rings (SSSR count). The summed E-state index contributed by atoms with van der Waals surface area (Å²) in [5, 5.41) is -1.54. The fourth-order valence-electron chi connectivity index (χ4n) is 1.39. The minimum atomic E-state index is -3.35. The van der Waals surface area contributed by atoms with Gasteiger partial charge in [0.25, 0.3) is 5.24 Å². The van der Waals surface area contributed by atoms with Crippen molar-refractivity contribution in [3.8, 4) is 0 Å². The SMILES string of the molecule is CN1CCC(C(F)(F)C(=O)Cl)C1. The van der Waals surface area contributed by atoms with Crippen molar-refractivity contribution in [1.82, 2.24) is 4.90 Å². The second-order valence-corrected chi connectivity index (χ2v) is 3.49. The van der Waals surface area contributed by atoms with E-state index in [0.717, 1.165) is 0 Å². The topological polar surface area (TPSA) is 20.3 Å². The molecule has 0 radical (unpaired) electrons. The van der Waals surface area contributed by atoms with Crippen LogP contribution in [0.2, 0.25) is 0 Å². The largest absolute Gasteiger partial charge is 0.324 e. The minimum absolute atomic E-state index is 0.242. The number of hydrogen-bond donors (Lipinski definition) is 0. The van der Waals surface area contributed by atoms with Gasteiger partial charge in [-0.2, -0.15) is 8.78 Å². The zero-order valence-corrected chi connectivity index (χ0v) is 7.44. The molecule has 1 aliphatic heterocycles. The number of hydrogen-bond acceptors (Lipinski definition) is 2. The highest BCUT2D eigenvalue weighted by atomic mass is 35.5. The number of likely N-dealkylation sites (tertiary alicyclic amines) is 1. The van der Waals surface area contributed by atoms with E-state index >= 15 is 0 Å². The minimum Gasteiger partial charge on any atom is -0.306 e. The third-order valence-electron chi connectivity index (χ3n) is 2.17. The smallest absolute Gasteiger partial charge is 0.306 e. The summed E-state index contributed by atoms with van der Waals surface area (Å²) in [6.45, 7) is 0.843. The molecule has 0 N–H and O–H groups in total. The number of rotatable bonds is 2. The van der Waals surface area contributed by atoms with Crippen molar-refractivity contribution in [2.45, 2.75) is 12.3 Å². The molecule has 0 aromatic heterocycles. The van der Waals surface area contributed by atoms with Crippen LogP contribution in [0.5, 0.6) is 0 Å². The van der Waals surface area contributed by atoms with Crippen LogP contribution in [0, 0.1) is 5.92 Å². The van der Waals surface area contributed by atoms with Crippen LogP contribution in [0.1, 0.15) is 6.42 Å². The summed E-state index contributed by atoms with van der Waals surface area (Å²) in [6.07, 6.45) is 0.335. The molecule has 1 heterocycles. The molecule has 5 heteroatoms. The fourth-order valence-corrected chi connectivity index (χ4v) is 1.55. The Kier molecular flexibility index (Phi) is 2.68. The van der Waals surface area contributed by atoms with Gasteiger partial charge >= 0.3 is 5.92 Å². The Morgan fingerprint density at radius 3 is 2.58 bits per heavy atom. The van der Waals surface area contributed by atoms with Crippen molar-refractivity contribution in [3.63, 3.8) is 0 Å². The monoisotopic (exact) mass is 197 g/mol. The van der Waals surface area contributed by atoms with Crippen molar-refractivity contribution >= 4 is 16.8 Å². The Bertz CT molecular complexity index is 198. The third-order valence-corrected chi connectivity index (χ3v) is 2.42. The maximum atomic E-state index is 12.9. The summed E-state index contributed by atoms with van der Waals surface area (Å²) in [5.41, 5.74) is 0. The van der Waals surface area contributed by atoms with Crippen LogP contribution in [-0.4, -0.2) is 36.2 Å². The first-order valence-electron chi connectivity index (χ1n) is 3.71. The van der Waals surface area contributed by atoms with E-state index in [1.165, 1.54) is 0 Å². The van der Waals surface area contributed by atoms with Crippen LogP contribution in [0.25, 0.3) is 0 Å². The quantitative estimate of drug-likeness (QED) is 0.623. The summed E-state index contributed by atoms with van der Waals surface area (Å²) in [5.74, 6) is -4.26. The first-order valence-corrected chi connectivity index (χ1v) is 4.08. The predicted molar refractivity (Wildman–Crippen MR) is 41.4 cm³/mol. The van der Waals surface area contributed by atoms with Crippen molar-refractivity contribution in [2.75, 3.05) is 20.1 Å². The van der Waals surface area contributed by atoms with Crippen LogP contribution < -0.4 is 0 Å². The van der Waals surface area contributed by atoms with Gasteiger partial charge in [0, 0.05) is 12.5 Å². The van der Waals surface area contributed by atoms with Crippen LogP contribution in [0.3, 0.4) is 0 Å². The Hall–Kier alpha value is -0.220. The van der Waals surface area contributed by atoms with E-state index in [4.69, 9.17) is 11.6 Å². The van der Waals surface area contributed by atoms with Gasteiger partial charge in [-0.05, 0) is 31.6 Å². The molecule has 0 saturated carbocycles. The number of carbonyl (C=O) groups excluding carboxylic acids is 1. The molecular formula is C7H10ClF2NO. The highest BCUT2D eigenvalue weighted by Gasteiger charge is 2.48. The average molecular weight is 198 g/mol. The van der Waals surface area contributed by atoms with Crippen LogP contribution in [0.15, 0.2) is 0 Å². The van der Waals surface area contributed by atoms with Gasteiger partial charge in [0.2, 0.25) is 0 Å². The Balaban J connectivity index is 2.63. The molecule has 1 atom stereocenters. The van der Waals surface area contributed by atoms with Crippen molar-refractivity contribution in [1.29, 1.82) is 0 Å².